The van der Waals surface area contributed by atoms with Gasteiger partial charge in [-0.15, -0.1) is 11.3 Å². The van der Waals surface area contributed by atoms with Crippen molar-refractivity contribution in [3.05, 3.63) is 27.5 Å². The lowest BCUT2D eigenvalue weighted by Crippen LogP contribution is -2.32. The molecule has 0 spiro atoms. The van der Waals surface area contributed by atoms with Gasteiger partial charge in [0.25, 0.3) is 0 Å². The van der Waals surface area contributed by atoms with E-state index in [4.69, 9.17) is 9.53 Å². The molecule has 1 N–H and O–H groups in total. The van der Waals surface area contributed by atoms with E-state index in [9.17, 15) is 14.7 Å². The van der Waals surface area contributed by atoms with Crippen molar-refractivity contribution in [2.24, 2.45) is 5.41 Å². The predicted molar refractivity (Wildman–Crippen MR) is 156 cm³/mol. The molecule has 2 heterocycles. The van der Waals surface area contributed by atoms with E-state index in [1.165, 1.54) is 25.7 Å². The van der Waals surface area contributed by atoms with Crippen molar-refractivity contribution in [2.45, 2.75) is 67.2 Å². The number of thiophene rings is 1. The summed E-state index contributed by atoms with van der Waals surface area (Å²) >= 11 is 1.13. The van der Waals surface area contributed by atoms with Gasteiger partial charge in [0.15, 0.2) is 0 Å². The van der Waals surface area contributed by atoms with E-state index in [0.717, 1.165) is 43.9 Å². The molecular formula is C29H48N2O5S. The third-order valence-corrected chi connectivity index (χ3v) is 6.01. The number of anilines is 1. The Hall–Kier alpha value is -2.47. The van der Waals surface area contributed by atoms with Gasteiger partial charge in [0.2, 0.25) is 0 Å². The lowest BCUT2D eigenvalue weighted by molar-refractivity contribution is -0.106. The van der Waals surface area contributed by atoms with Gasteiger partial charge in [0, 0.05) is 25.6 Å². The largest absolute Gasteiger partial charge is 0.477 e. The van der Waals surface area contributed by atoms with Crippen molar-refractivity contribution < 1.29 is 24.2 Å². The molecule has 1 saturated heterocycles. The fraction of sp³-hybridized carbons (Fsp3) is 0.621. The molecule has 1 aromatic heterocycles. The second kappa shape index (κ2) is 21.6. The summed E-state index contributed by atoms with van der Waals surface area (Å²) in [5.74, 6) is 5.06. The number of aromatic carboxylic acids is 1. The highest BCUT2D eigenvalue weighted by atomic mass is 32.1. The molecule has 210 valence electrons. The summed E-state index contributed by atoms with van der Waals surface area (Å²) in [7, 11) is 3.80. The van der Waals surface area contributed by atoms with Gasteiger partial charge in [-0.1, -0.05) is 37.3 Å². The highest BCUT2D eigenvalue weighted by Crippen LogP contribution is 2.29. The number of hydrogen-bond acceptors (Lipinski definition) is 7. The molecule has 1 aliphatic heterocycles. The summed E-state index contributed by atoms with van der Waals surface area (Å²) in [5, 5.41) is 9.17. The summed E-state index contributed by atoms with van der Waals surface area (Å²) in [5.41, 5.74) is 1.98. The number of carboxylic acids is 1. The number of rotatable bonds is 4. The van der Waals surface area contributed by atoms with Crippen LogP contribution in [0.4, 0.5) is 5.69 Å². The SMILES string of the molecule is C=O.CC.CC1=CCCCC1.CN(CC=O)c1cc(C#CC(C)(C)C)sc1C(=O)O.CN1CCOCC1. The van der Waals surface area contributed by atoms with Crippen molar-refractivity contribution in [2.75, 3.05) is 51.8 Å². The Morgan fingerprint density at radius 2 is 1.84 bits per heavy atom. The van der Waals surface area contributed by atoms with Crippen LogP contribution in [-0.2, 0) is 14.3 Å². The van der Waals surface area contributed by atoms with Gasteiger partial charge in [0.1, 0.15) is 18.0 Å². The van der Waals surface area contributed by atoms with Gasteiger partial charge in [0.05, 0.1) is 30.3 Å². The molecule has 0 radical (unpaired) electrons. The molecule has 3 rings (SSSR count). The number of likely N-dealkylation sites (N-methyl/N-ethyl adjacent to an activating group) is 2. The summed E-state index contributed by atoms with van der Waals surface area (Å²) in [6.45, 7) is 18.4. The molecule has 2 aliphatic rings. The number of nitrogens with zero attached hydrogens (tertiary/aromatic N) is 2. The van der Waals surface area contributed by atoms with Crippen LogP contribution in [-0.4, -0.2) is 76.0 Å². The van der Waals surface area contributed by atoms with Crippen LogP contribution in [0.3, 0.4) is 0 Å². The van der Waals surface area contributed by atoms with Crippen LogP contribution in [0, 0.1) is 17.3 Å². The Labute approximate surface area is 228 Å². The van der Waals surface area contributed by atoms with Crippen LogP contribution in [0.1, 0.15) is 81.8 Å². The van der Waals surface area contributed by atoms with Crippen molar-refractivity contribution in [1.82, 2.24) is 4.90 Å². The normalized spacial score (nSPS) is 14.5. The van der Waals surface area contributed by atoms with Crippen molar-refractivity contribution in [3.8, 4) is 11.8 Å². The number of ether oxygens (including phenoxy) is 1. The average molecular weight is 537 g/mol. The zero-order valence-electron chi connectivity index (χ0n) is 24.2. The summed E-state index contributed by atoms with van der Waals surface area (Å²) < 4.78 is 5.10. The lowest BCUT2D eigenvalue weighted by Gasteiger charge is -2.21. The van der Waals surface area contributed by atoms with Gasteiger partial charge in [-0.05, 0) is 66.5 Å². The van der Waals surface area contributed by atoms with Crippen LogP contribution in [0.25, 0.3) is 0 Å². The number of hydrogen-bond donors (Lipinski definition) is 1. The van der Waals surface area contributed by atoms with E-state index in [0.29, 0.717) is 10.6 Å². The Morgan fingerprint density at radius 3 is 2.19 bits per heavy atom. The second-order valence-corrected chi connectivity index (χ2v) is 10.4. The minimum absolute atomic E-state index is 0.137. The van der Waals surface area contributed by atoms with Crippen LogP contribution < -0.4 is 4.90 Å². The first-order valence-electron chi connectivity index (χ1n) is 12.8. The maximum atomic E-state index is 11.2. The molecule has 0 amide bonds. The molecule has 0 aromatic carbocycles. The highest BCUT2D eigenvalue weighted by Gasteiger charge is 2.18. The first kappa shape index (κ1) is 36.7. The molecule has 1 fully saturated rings. The molecular weight excluding hydrogens is 488 g/mol. The number of carbonyl (C=O) groups is 3. The van der Waals surface area contributed by atoms with Crippen molar-refractivity contribution >= 4 is 36.1 Å². The Morgan fingerprint density at radius 1 is 1.24 bits per heavy atom. The lowest BCUT2D eigenvalue weighted by atomic mass is 9.98. The summed E-state index contributed by atoms with van der Waals surface area (Å²) in [4.78, 5) is 34.5. The average Bonchev–Trinajstić information content (AvgIpc) is 3.32. The zero-order valence-corrected chi connectivity index (χ0v) is 25.0. The van der Waals surface area contributed by atoms with Crippen molar-refractivity contribution in [3.63, 3.8) is 0 Å². The fourth-order valence-electron chi connectivity index (χ4n) is 2.99. The summed E-state index contributed by atoms with van der Waals surface area (Å²) in [6, 6.07) is 1.72. The van der Waals surface area contributed by atoms with Crippen LogP contribution in [0.15, 0.2) is 17.7 Å². The van der Waals surface area contributed by atoms with Gasteiger partial charge < -0.3 is 29.2 Å². The minimum Gasteiger partial charge on any atom is -0.477 e. The number of carboxylic acid groups (broad SMARTS) is 1. The molecule has 0 bridgehead atoms. The molecule has 0 unspecified atom stereocenters. The van der Waals surface area contributed by atoms with E-state index >= 15 is 0 Å². The van der Waals surface area contributed by atoms with E-state index in [1.54, 1.807) is 23.6 Å². The molecule has 8 heteroatoms. The number of allylic oxidation sites excluding steroid dienone is 2. The van der Waals surface area contributed by atoms with Crippen molar-refractivity contribution in [1.29, 1.82) is 0 Å². The third kappa shape index (κ3) is 18.4. The predicted octanol–water partition coefficient (Wildman–Crippen LogP) is 5.78. The molecule has 0 atom stereocenters. The van der Waals surface area contributed by atoms with Gasteiger partial charge >= 0.3 is 5.97 Å². The first-order valence-corrected chi connectivity index (χ1v) is 13.6. The van der Waals surface area contributed by atoms with Crippen LogP contribution in [0.2, 0.25) is 0 Å². The smallest absolute Gasteiger partial charge is 0.348 e. The second-order valence-electron chi connectivity index (χ2n) is 9.39. The third-order valence-electron chi connectivity index (χ3n) is 4.98. The van der Waals surface area contributed by atoms with E-state index in [-0.39, 0.29) is 16.8 Å². The number of aldehydes is 1. The van der Waals surface area contributed by atoms with E-state index in [1.807, 2.05) is 41.4 Å². The fourth-order valence-corrected chi connectivity index (χ4v) is 3.89. The summed E-state index contributed by atoms with van der Waals surface area (Å²) in [6.07, 6.45) is 8.60. The standard InChI is InChI=1S/C14H17NO3S.C7H12.C5H11NO.C2H6.CH2O/c1-14(2,3)6-5-10-9-11(15(4)7-8-16)12(19-10)13(17)18;1-7-5-3-2-4-6-7;1-6-2-4-7-5-3-6;2*1-2/h8-9H,7H2,1-4H3,(H,17,18);5H,2-4,6H2,1H3;2-5H2,1H3;1-2H3;1H2. The van der Waals surface area contributed by atoms with Crippen LogP contribution in [0.5, 0.6) is 0 Å². The number of morpholine rings is 1. The van der Waals surface area contributed by atoms with Crippen LogP contribution >= 0.6 is 11.3 Å². The topological polar surface area (TPSA) is 87.2 Å². The maximum absolute atomic E-state index is 11.2. The Bertz CT molecular complexity index is 856. The van der Waals surface area contributed by atoms with Gasteiger partial charge in [-0.2, -0.15) is 0 Å². The molecule has 1 aromatic rings. The van der Waals surface area contributed by atoms with E-state index in [2.05, 4.69) is 36.8 Å². The Kier molecular flexibility index (Phi) is 21.4. The molecule has 0 saturated carbocycles. The molecule has 1 aliphatic carbocycles. The monoisotopic (exact) mass is 536 g/mol. The minimum atomic E-state index is -0.999. The Balaban J connectivity index is 0. The zero-order chi connectivity index (χ0) is 28.9. The first-order chi connectivity index (χ1) is 17.5. The highest BCUT2D eigenvalue weighted by molar-refractivity contribution is 7.15. The molecule has 7 nitrogen and oxygen atoms in total. The molecule has 37 heavy (non-hydrogen) atoms. The van der Waals surface area contributed by atoms with E-state index < -0.39 is 5.97 Å². The van der Waals surface area contributed by atoms with Gasteiger partial charge in [-0.3, -0.25) is 0 Å². The van der Waals surface area contributed by atoms with Gasteiger partial charge in [-0.25, -0.2) is 4.79 Å². The maximum Gasteiger partial charge on any atom is 0.348 e. The number of carbonyl (C=O) groups excluding carboxylic acids is 2. The quantitative estimate of drug-likeness (QED) is 0.297.